The van der Waals surface area contributed by atoms with E-state index >= 15 is 0 Å². The lowest BCUT2D eigenvalue weighted by Gasteiger charge is -2.22. The van der Waals surface area contributed by atoms with Crippen molar-refractivity contribution in [1.29, 1.82) is 0 Å². The van der Waals surface area contributed by atoms with Crippen molar-refractivity contribution in [2.75, 3.05) is 19.7 Å². The second kappa shape index (κ2) is 7.88. The highest BCUT2D eigenvalue weighted by Crippen LogP contribution is 2.36. The molecule has 0 saturated carbocycles. The first-order valence-corrected chi connectivity index (χ1v) is 7.11. The number of alkyl halides is 3. The summed E-state index contributed by atoms with van der Waals surface area (Å²) in [5.74, 6) is -0.410. The van der Waals surface area contributed by atoms with Gasteiger partial charge in [0.15, 0.2) is 6.61 Å². The first-order chi connectivity index (χ1) is 10.3. The molecule has 0 aliphatic carbocycles. The Morgan fingerprint density at radius 3 is 2.61 bits per heavy atom. The number of nitrogens with two attached hydrogens (primary N) is 1. The van der Waals surface area contributed by atoms with Gasteiger partial charge in [-0.15, -0.1) is 12.4 Å². The van der Waals surface area contributed by atoms with Crippen LogP contribution in [0, 0.1) is 5.92 Å². The van der Waals surface area contributed by atoms with Crippen LogP contribution in [0.1, 0.15) is 18.9 Å². The highest BCUT2D eigenvalue weighted by atomic mass is 35.5. The monoisotopic (exact) mass is 352 g/mol. The van der Waals surface area contributed by atoms with Crippen molar-refractivity contribution in [2.45, 2.75) is 25.6 Å². The summed E-state index contributed by atoms with van der Waals surface area (Å²) in [5, 5.41) is 0. The van der Waals surface area contributed by atoms with E-state index in [1.54, 1.807) is 4.90 Å². The molecule has 1 aromatic rings. The first-order valence-electron chi connectivity index (χ1n) is 7.11. The highest BCUT2D eigenvalue weighted by molar-refractivity contribution is 5.85. The largest absolute Gasteiger partial charge is 0.483 e. The fraction of sp³-hybridized carbons (Fsp3) is 0.533. The predicted molar refractivity (Wildman–Crippen MR) is 82.5 cm³/mol. The van der Waals surface area contributed by atoms with Gasteiger partial charge in [0.2, 0.25) is 0 Å². The zero-order valence-corrected chi connectivity index (χ0v) is 13.5. The van der Waals surface area contributed by atoms with Crippen LogP contribution >= 0.6 is 12.4 Å². The molecule has 1 fully saturated rings. The van der Waals surface area contributed by atoms with Crippen LogP contribution in [0.15, 0.2) is 24.3 Å². The van der Waals surface area contributed by atoms with Gasteiger partial charge in [-0.2, -0.15) is 13.2 Å². The number of ether oxygens (including phenoxy) is 1. The Morgan fingerprint density at radius 1 is 1.39 bits per heavy atom. The second-order valence-electron chi connectivity index (χ2n) is 5.52. The van der Waals surface area contributed by atoms with Crippen molar-refractivity contribution in [3.8, 4) is 5.75 Å². The summed E-state index contributed by atoms with van der Waals surface area (Å²) in [5.41, 5.74) is 4.72. The maximum absolute atomic E-state index is 12.8. The summed E-state index contributed by atoms with van der Waals surface area (Å²) >= 11 is 0. The van der Waals surface area contributed by atoms with Crippen molar-refractivity contribution in [1.82, 2.24) is 4.90 Å². The van der Waals surface area contributed by atoms with Crippen molar-refractivity contribution >= 4 is 18.3 Å². The summed E-state index contributed by atoms with van der Waals surface area (Å²) in [7, 11) is 0. The van der Waals surface area contributed by atoms with Gasteiger partial charge in [-0.3, -0.25) is 4.79 Å². The van der Waals surface area contributed by atoms with Crippen LogP contribution in [-0.2, 0) is 11.0 Å². The summed E-state index contributed by atoms with van der Waals surface area (Å²) < 4.78 is 43.6. The molecule has 4 nitrogen and oxygen atoms in total. The van der Waals surface area contributed by atoms with Crippen LogP contribution in [0.3, 0.4) is 0 Å². The minimum absolute atomic E-state index is 0. The van der Waals surface area contributed by atoms with Crippen molar-refractivity contribution in [3.63, 3.8) is 0 Å². The Labute approximate surface area is 139 Å². The third-order valence-corrected chi connectivity index (χ3v) is 3.86. The number of nitrogens with zero attached hydrogens (tertiary/aromatic N) is 1. The number of rotatable bonds is 4. The van der Waals surface area contributed by atoms with Crippen LogP contribution < -0.4 is 10.5 Å². The van der Waals surface area contributed by atoms with E-state index in [4.69, 9.17) is 10.5 Å². The average Bonchev–Trinajstić information content (AvgIpc) is 2.85. The molecule has 1 aliphatic heterocycles. The Balaban J connectivity index is 0.00000264. The molecule has 2 rings (SSSR count). The van der Waals surface area contributed by atoms with Gasteiger partial charge in [0.05, 0.1) is 5.56 Å². The van der Waals surface area contributed by atoms with Crippen LogP contribution in [0.4, 0.5) is 13.2 Å². The fourth-order valence-electron chi connectivity index (χ4n) is 2.71. The smallest absolute Gasteiger partial charge is 0.419 e. The van der Waals surface area contributed by atoms with Crippen molar-refractivity contribution < 1.29 is 22.7 Å². The van der Waals surface area contributed by atoms with Crippen LogP contribution in [0.25, 0.3) is 0 Å². The number of amides is 1. The third kappa shape index (κ3) is 4.75. The zero-order chi connectivity index (χ0) is 16.3. The lowest BCUT2D eigenvalue weighted by atomic mass is 10.1. The normalized spacial score (nSPS) is 21.0. The van der Waals surface area contributed by atoms with Crippen molar-refractivity contribution in [2.24, 2.45) is 11.7 Å². The molecular weight excluding hydrogens is 333 g/mol. The van der Waals surface area contributed by atoms with Gasteiger partial charge >= 0.3 is 6.18 Å². The molecule has 2 atom stereocenters. The molecule has 1 heterocycles. The third-order valence-electron chi connectivity index (χ3n) is 3.86. The molecule has 1 aliphatic rings. The maximum atomic E-state index is 12.8. The van der Waals surface area contributed by atoms with Crippen molar-refractivity contribution in [3.05, 3.63) is 29.8 Å². The summed E-state index contributed by atoms with van der Waals surface area (Å²) in [4.78, 5) is 13.7. The van der Waals surface area contributed by atoms with E-state index < -0.39 is 18.3 Å². The van der Waals surface area contributed by atoms with E-state index in [9.17, 15) is 18.0 Å². The number of hydrogen-bond acceptors (Lipinski definition) is 3. The standard InChI is InChI=1S/C15H19F3N2O2.ClH/c1-10-6-11(7-19)8-20(10)14(21)9-22-13-5-3-2-4-12(13)15(16,17)18;/h2-5,10-11H,6-9,19H2,1H3;1H. The number of carbonyl (C=O) groups excluding carboxylic acids is 1. The van der Waals surface area contributed by atoms with Gasteiger partial charge < -0.3 is 15.4 Å². The summed E-state index contributed by atoms with van der Waals surface area (Å²) in [6.07, 6.45) is -3.70. The lowest BCUT2D eigenvalue weighted by molar-refractivity contribution is -0.141. The molecule has 130 valence electrons. The lowest BCUT2D eigenvalue weighted by Crippen LogP contribution is -2.37. The topological polar surface area (TPSA) is 55.6 Å². The number of likely N-dealkylation sites (tertiary alicyclic amines) is 1. The van der Waals surface area contributed by atoms with E-state index in [-0.39, 0.29) is 36.0 Å². The van der Waals surface area contributed by atoms with E-state index in [0.717, 1.165) is 12.5 Å². The van der Waals surface area contributed by atoms with E-state index in [0.29, 0.717) is 13.1 Å². The second-order valence-corrected chi connectivity index (χ2v) is 5.52. The molecule has 1 saturated heterocycles. The fourth-order valence-corrected chi connectivity index (χ4v) is 2.71. The quantitative estimate of drug-likeness (QED) is 0.906. The molecular formula is C15H20ClF3N2O2. The summed E-state index contributed by atoms with van der Waals surface area (Å²) in [6.45, 7) is 2.51. The first kappa shape index (κ1) is 19.6. The summed E-state index contributed by atoms with van der Waals surface area (Å²) in [6, 6.07) is 4.90. The highest BCUT2D eigenvalue weighted by Gasteiger charge is 2.35. The van der Waals surface area contributed by atoms with E-state index in [2.05, 4.69) is 0 Å². The van der Waals surface area contributed by atoms with Gasteiger partial charge in [-0.05, 0) is 37.9 Å². The minimum atomic E-state index is -4.51. The molecule has 0 aromatic heterocycles. The van der Waals surface area contributed by atoms with Gasteiger partial charge in [-0.1, -0.05) is 12.1 Å². The molecule has 0 radical (unpaired) electrons. The van der Waals surface area contributed by atoms with E-state index in [1.165, 1.54) is 18.2 Å². The molecule has 0 spiro atoms. The van der Waals surface area contributed by atoms with Gasteiger partial charge in [0.25, 0.3) is 5.91 Å². The molecule has 1 amide bonds. The average molecular weight is 353 g/mol. The van der Waals surface area contributed by atoms with Crippen LogP contribution in [0.2, 0.25) is 0 Å². The molecule has 1 aromatic carbocycles. The van der Waals surface area contributed by atoms with Crippen LogP contribution in [-0.4, -0.2) is 36.5 Å². The molecule has 0 bridgehead atoms. The van der Waals surface area contributed by atoms with Gasteiger partial charge in [-0.25, -0.2) is 0 Å². The minimum Gasteiger partial charge on any atom is -0.483 e. The Hall–Kier alpha value is -1.47. The number of carbonyl (C=O) groups is 1. The Kier molecular flexibility index (Phi) is 6.70. The number of para-hydroxylation sites is 1. The van der Waals surface area contributed by atoms with Crippen LogP contribution in [0.5, 0.6) is 5.75 Å². The Bertz CT molecular complexity index is 540. The Morgan fingerprint density at radius 2 is 2.04 bits per heavy atom. The number of benzene rings is 1. The zero-order valence-electron chi connectivity index (χ0n) is 12.7. The maximum Gasteiger partial charge on any atom is 0.419 e. The van der Waals surface area contributed by atoms with E-state index in [1.807, 2.05) is 6.92 Å². The molecule has 23 heavy (non-hydrogen) atoms. The van der Waals surface area contributed by atoms with Gasteiger partial charge in [0.1, 0.15) is 5.75 Å². The molecule has 8 heteroatoms. The predicted octanol–water partition coefficient (Wildman–Crippen LogP) is 2.70. The number of hydrogen-bond donors (Lipinski definition) is 1. The molecule has 2 unspecified atom stereocenters. The number of halogens is 4. The molecule has 2 N–H and O–H groups in total. The van der Waals surface area contributed by atoms with Gasteiger partial charge in [0, 0.05) is 12.6 Å². The SMILES string of the molecule is CC1CC(CN)CN1C(=O)COc1ccccc1C(F)(F)F.Cl.